The third kappa shape index (κ3) is 2.19. The minimum Gasteiger partial charge on any atom is -0.633 e. The Bertz CT molecular complexity index is 714. The van der Waals surface area contributed by atoms with Crippen molar-refractivity contribution >= 4 is 11.0 Å². The zero-order valence-corrected chi connectivity index (χ0v) is 11.4. The fraction of sp³-hybridized carbons (Fsp3) is 0.400. The summed E-state index contributed by atoms with van der Waals surface area (Å²) in [5.74, 6) is 0.0199. The van der Waals surface area contributed by atoms with Crippen LogP contribution in [0, 0.1) is 12.1 Å². The molecule has 1 aliphatic heterocycles. The third-order valence-electron chi connectivity index (χ3n) is 4.03. The van der Waals surface area contributed by atoms with Gasteiger partial charge in [0.15, 0.2) is 5.58 Å². The van der Waals surface area contributed by atoms with Crippen LogP contribution in [0.2, 0.25) is 0 Å². The number of likely N-dealkylation sites (tertiary alicyclic amines) is 1. The molecule has 1 aromatic carbocycles. The summed E-state index contributed by atoms with van der Waals surface area (Å²) in [6.45, 7) is 3.06. The Morgan fingerprint density at radius 3 is 2.75 bits per heavy atom. The van der Waals surface area contributed by atoms with Gasteiger partial charge in [-0.15, -0.1) is 0 Å². The van der Waals surface area contributed by atoms with Crippen LogP contribution in [0.4, 0.5) is 0 Å². The van der Waals surface area contributed by atoms with Crippen LogP contribution >= 0.6 is 0 Å². The van der Waals surface area contributed by atoms with Crippen LogP contribution in [0.3, 0.4) is 0 Å². The molecule has 0 amide bonds. The standard InChI is InChI=1S/C15H17NO4/c1-10-8-14(18)20-15-11(10)4-5-13(17)12(15)9-16(19)6-2-3-7-16/h4-5,8,17H,2-3,6-7,9H2,1H3. The molecule has 0 aliphatic carbocycles. The van der Waals surface area contributed by atoms with Gasteiger partial charge in [-0.05, 0) is 24.6 Å². The summed E-state index contributed by atoms with van der Waals surface area (Å²) in [4.78, 5) is 11.6. The Balaban J connectivity index is 2.18. The van der Waals surface area contributed by atoms with E-state index >= 15 is 0 Å². The molecule has 106 valence electrons. The molecular formula is C15H17NO4. The number of nitrogens with zero attached hydrogens (tertiary/aromatic N) is 1. The van der Waals surface area contributed by atoms with Crippen molar-refractivity contribution in [3.8, 4) is 5.75 Å². The van der Waals surface area contributed by atoms with E-state index in [1.54, 1.807) is 12.1 Å². The van der Waals surface area contributed by atoms with Crippen LogP contribution in [0.5, 0.6) is 5.75 Å². The zero-order chi connectivity index (χ0) is 14.3. The lowest BCUT2D eigenvalue weighted by Gasteiger charge is -2.38. The normalized spacial score (nSPS) is 17.7. The highest BCUT2D eigenvalue weighted by atomic mass is 16.5. The lowest BCUT2D eigenvalue weighted by Crippen LogP contribution is -2.37. The number of phenolic OH excluding ortho intramolecular Hbond substituents is 1. The zero-order valence-electron chi connectivity index (χ0n) is 11.4. The summed E-state index contributed by atoms with van der Waals surface area (Å²) < 4.78 is 4.89. The van der Waals surface area contributed by atoms with Gasteiger partial charge in [0.2, 0.25) is 0 Å². The summed E-state index contributed by atoms with van der Waals surface area (Å²) in [7, 11) is 0. The number of aromatic hydroxyl groups is 1. The number of aryl methyl sites for hydroxylation is 1. The van der Waals surface area contributed by atoms with Crippen molar-refractivity contribution in [3.05, 3.63) is 45.0 Å². The first-order chi connectivity index (χ1) is 9.48. The monoisotopic (exact) mass is 275 g/mol. The second-order valence-corrected chi connectivity index (χ2v) is 5.56. The molecule has 0 saturated carbocycles. The van der Waals surface area contributed by atoms with Gasteiger partial charge in [-0.25, -0.2) is 4.79 Å². The highest BCUT2D eigenvalue weighted by molar-refractivity contribution is 5.84. The molecule has 5 nitrogen and oxygen atoms in total. The van der Waals surface area contributed by atoms with Gasteiger partial charge in [-0.2, -0.15) is 0 Å². The van der Waals surface area contributed by atoms with E-state index in [2.05, 4.69) is 0 Å². The molecule has 1 fully saturated rings. The summed E-state index contributed by atoms with van der Waals surface area (Å²) in [5.41, 5.74) is 1.12. The molecule has 2 aromatic rings. The fourth-order valence-corrected chi connectivity index (χ4v) is 2.94. The molecule has 0 radical (unpaired) electrons. The molecule has 0 bridgehead atoms. The van der Waals surface area contributed by atoms with Crippen molar-refractivity contribution < 1.29 is 14.2 Å². The van der Waals surface area contributed by atoms with Crippen LogP contribution in [0.15, 0.2) is 27.4 Å². The van der Waals surface area contributed by atoms with E-state index in [0.29, 0.717) is 24.2 Å². The van der Waals surface area contributed by atoms with Crippen molar-refractivity contribution in [1.29, 1.82) is 0 Å². The molecule has 1 saturated heterocycles. The molecule has 0 unspecified atom stereocenters. The van der Waals surface area contributed by atoms with E-state index in [-0.39, 0.29) is 16.9 Å². The number of quaternary nitrogens is 1. The first kappa shape index (κ1) is 13.1. The smallest absolute Gasteiger partial charge is 0.336 e. The number of hydrogen-bond donors (Lipinski definition) is 1. The summed E-state index contributed by atoms with van der Waals surface area (Å²) in [5, 5.41) is 23.4. The number of rotatable bonds is 2. The van der Waals surface area contributed by atoms with Crippen molar-refractivity contribution in [3.63, 3.8) is 0 Å². The largest absolute Gasteiger partial charge is 0.633 e. The second kappa shape index (κ2) is 4.61. The highest BCUT2D eigenvalue weighted by Crippen LogP contribution is 2.32. The van der Waals surface area contributed by atoms with E-state index in [0.717, 1.165) is 23.8 Å². The number of benzene rings is 1. The van der Waals surface area contributed by atoms with Gasteiger partial charge in [-0.3, -0.25) is 0 Å². The Labute approximate surface area is 116 Å². The number of fused-ring (bicyclic) bond motifs is 1. The van der Waals surface area contributed by atoms with Crippen LogP contribution in [0.25, 0.3) is 11.0 Å². The average Bonchev–Trinajstić information content (AvgIpc) is 2.80. The molecule has 0 spiro atoms. The molecule has 20 heavy (non-hydrogen) atoms. The van der Waals surface area contributed by atoms with E-state index in [4.69, 9.17) is 4.42 Å². The summed E-state index contributed by atoms with van der Waals surface area (Å²) in [6, 6.07) is 4.69. The van der Waals surface area contributed by atoms with Crippen molar-refractivity contribution in [2.45, 2.75) is 26.3 Å². The van der Waals surface area contributed by atoms with Gasteiger partial charge in [-0.1, -0.05) is 0 Å². The topological polar surface area (TPSA) is 73.5 Å². The minimum absolute atomic E-state index is 0.0199. The first-order valence-electron chi connectivity index (χ1n) is 6.81. The second-order valence-electron chi connectivity index (χ2n) is 5.56. The molecule has 1 aliphatic rings. The maximum atomic E-state index is 12.5. The predicted octanol–water partition coefficient (Wildman–Crippen LogP) is 2.42. The Morgan fingerprint density at radius 2 is 2.05 bits per heavy atom. The van der Waals surface area contributed by atoms with Crippen LogP contribution in [-0.2, 0) is 6.54 Å². The van der Waals surface area contributed by atoms with Crippen molar-refractivity contribution in [2.24, 2.45) is 0 Å². The SMILES string of the molecule is Cc1cc(=O)oc2c(C[N+]3([O-])CCCC3)c(O)ccc12. The summed E-state index contributed by atoms with van der Waals surface area (Å²) >= 11 is 0. The van der Waals surface area contributed by atoms with Gasteiger partial charge in [0.05, 0.1) is 18.7 Å². The van der Waals surface area contributed by atoms with Crippen LogP contribution in [-0.4, -0.2) is 22.8 Å². The first-order valence-corrected chi connectivity index (χ1v) is 6.81. The lowest BCUT2D eigenvalue weighted by atomic mass is 10.1. The van der Waals surface area contributed by atoms with Crippen LogP contribution in [0.1, 0.15) is 24.0 Å². The average molecular weight is 275 g/mol. The molecule has 5 heteroatoms. The molecular weight excluding hydrogens is 258 g/mol. The maximum absolute atomic E-state index is 12.5. The molecule has 1 N–H and O–H groups in total. The van der Waals surface area contributed by atoms with E-state index in [1.807, 2.05) is 6.92 Å². The van der Waals surface area contributed by atoms with E-state index < -0.39 is 5.63 Å². The Morgan fingerprint density at radius 1 is 1.35 bits per heavy atom. The van der Waals surface area contributed by atoms with E-state index in [1.165, 1.54) is 6.07 Å². The lowest BCUT2D eigenvalue weighted by molar-refractivity contribution is -0.881. The Hall–Kier alpha value is -1.85. The fourth-order valence-electron chi connectivity index (χ4n) is 2.94. The predicted molar refractivity (Wildman–Crippen MR) is 75.2 cm³/mol. The Kier molecular flexibility index (Phi) is 3.03. The molecule has 0 atom stereocenters. The van der Waals surface area contributed by atoms with Gasteiger partial charge >= 0.3 is 5.63 Å². The van der Waals surface area contributed by atoms with Gasteiger partial charge in [0.25, 0.3) is 0 Å². The third-order valence-corrected chi connectivity index (χ3v) is 4.03. The van der Waals surface area contributed by atoms with Crippen LogP contribution < -0.4 is 5.63 Å². The van der Waals surface area contributed by atoms with Gasteiger partial charge < -0.3 is 19.4 Å². The van der Waals surface area contributed by atoms with Crippen molar-refractivity contribution in [1.82, 2.24) is 0 Å². The minimum atomic E-state index is -0.458. The van der Waals surface area contributed by atoms with Gasteiger partial charge in [0, 0.05) is 24.3 Å². The number of hydrogen-bond acceptors (Lipinski definition) is 4. The molecule has 2 heterocycles. The molecule has 3 rings (SSSR count). The number of hydroxylamine groups is 3. The summed E-state index contributed by atoms with van der Waals surface area (Å²) in [6.07, 6.45) is 1.80. The maximum Gasteiger partial charge on any atom is 0.336 e. The van der Waals surface area contributed by atoms with Crippen molar-refractivity contribution in [2.75, 3.05) is 13.1 Å². The van der Waals surface area contributed by atoms with Gasteiger partial charge in [0.1, 0.15) is 12.3 Å². The molecule has 1 aromatic heterocycles. The quantitative estimate of drug-likeness (QED) is 0.519. The highest BCUT2D eigenvalue weighted by Gasteiger charge is 2.26. The number of phenols is 1. The van der Waals surface area contributed by atoms with E-state index in [9.17, 15) is 15.1 Å².